The molecule has 2 N–H and O–H groups in total. The van der Waals surface area contributed by atoms with Gasteiger partial charge in [0, 0.05) is 18.5 Å². The van der Waals surface area contributed by atoms with E-state index in [0.717, 1.165) is 5.56 Å². The number of hydrogen-bond donors (Lipinski definition) is 1. The molecule has 0 aliphatic carbocycles. The van der Waals surface area contributed by atoms with Gasteiger partial charge < -0.3 is 19.6 Å². The Kier molecular flexibility index (Phi) is 3.78. The molecule has 1 heterocycles. The second kappa shape index (κ2) is 5.50. The first-order valence-corrected chi connectivity index (χ1v) is 5.53. The molecule has 1 aromatic carbocycles. The predicted octanol–water partition coefficient (Wildman–Crippen LogP) is 1.25. The van der Waals surface area contributed by atoms with Crippen molar-refractivity contribution in [3.05, 3.63) is 24.1 Å². The van der Waals surface area contributed by atoms with Gasteiger partial charge in [-0.15, -0.1) is 10.2 Å². The van der Waals surface area contributed by atoms with Gasteiger partial charge >= 0.3 is 0 Å². The molecule has 1 aromatic heterocycles. The first kappa shape index (κ1) is 12.4. The first-order valence-electron chi connectivity index (χ1n) is 5.53. The van der Waals surface area contributed by atoms with Crippen molar-refractivity contribution in [3.63, 3.8) is 0 Å². The molecule has 0 radical (unpaired) electrons. The number of nitrogens with zero attached hydrogens (tertiary/aromatic N) is 2. The van der Waals surface area contributed by atoms with Gasteiger partial charge in [-0.1, -0.05) is 0 Å². The van der Waals surface area contributed by atoms with Gasteiger partial charge in [-0.05, 0) is 18.2 Å². The summed E-state index contributed by atoms with van der Waals surface area (Å²) < 4.78 is 15.9. The molecule has 0 spiro atoms. The van der Waals surface area contributed by atoms with E-state index in [0.29, 0.717) is 36.2 Å². The molecule has 18 heavy (non-hydrogen) atoms. The zero-order valence-corrected chi connectivity index (χ0v) is 10.3. The SMILES string of the molecule is COc1ccc(-c2nnc(CCN)o2)cc1OC. The van der Waals surface area contributed by atoms with Crippen LogP contribution in [-0.2, 0) is 6.42 Å². The summed E-state index contributed by atoms with van der Waals surface area (Å²) in [6, 6.07) is 5.42. The van der Waals surface area contributed by atoms with Crippen molar-refractivity contribution >= 4 is 0 Å². The molecular weight excluding hydrogens is 234 g/mol. The topological polar surface area (TPSA) is 83.4 Å². The maximum Gasteiger partial charge on any atom is 0.247 e. The lowest BCUT2D eigenvalue weighted by Gasteiger charge is -2.07. The fourth-order valence-corrected chi connectivity index (χ4v) is 1.56. The molecule has 2 aromatic rings. The summed E-state index contributed by atoms with van der Waals surface area (Å²) >= 11 is 0. The molecule has 96 valence electrons. The van der Waals surface area contributed by atoms with Crippen LogP contribution in [0.15, 0.2) is 22.6 Å². The monoisotopic (exact) mass is 249 g/mol. The van der Waals surface area contributed by atoms with Crippen molar-refractivity contribution in [1.82, 2.24) is 10.2 Å². The lowest BCUT2D eigenvalue weighted by molar-refractivity contribution is 0.355. The van der Waals surface area contributed by atoms with Crippen LogP contribution in [0.1, 0.15) is 5.89 Å². The number of ether oxygens (including phenoxy) is 2. The molecule has 0 unspecified atom stereocenters. The van der Waals surface area contributed by atoms with Crippen molar-refractivity contribution in [2.75, 3.05) is 20.8 Å². The fraction of sp³-hybridized carbons (Fsp3) is 0.333. The van der Waals surface area contributed by atoms with Crippen LogP contribution >= 0.6 is 0 Å². The van der Waals surface area contributed by atoms with Gasteiger partial charge in [-0.2, -0.15) is 0 Å². The highest BCUT2D eigenvalue weighted by atomic mass is 16.5. The highest BCUT2D eigenvalue weighted by Gasteiger charge is 2.11. The molecule has 0 bridgehead atoms. The van der Waals surface area contributed by atoms with E-state index in [1.807, 2.05) is 6.07 Å². The molecular formula is C12H15N3O3. The molecule has 2 rings (SSSR count). The van der Waals surface area contributed by atoms with E-state index in [2.05, 4.69) is 10.2 Å². The molecule has 0 atom stereocenters. The van der Waals surface area contributed by atoms with Crippen LogP contribution in [0.4, 0.5) is 0 Å². The molecule has 0 saturated carbocycles. The summed E-state index contributed by atoms with van der Waals surface area (Å²) in [6.45, 7) is 0.480. The van der Waals surface area contributed by atoms with Crippen molar-refractivity contribution < 1.29 is 13.9 Å². The minimum Gasteiger partial charge on any atom is -0.493 e. The summed E-state index contributed by atoms with van der Waals surface area (Å²) in [5.74, 6) is 2.25. The fourth-order valence-electron chi connectivity index (χ4n) is 1.56. The number of hydrogen-bond acceptors (Lipinski definition) is 6. The highest BCUT2D eigenvalue weighted by molar-refractivity contribution is 5.59. The van der Waals surface area contributed by atoms with Crippen molar-refractivity contribution in [2.45, 2.75) is 6.42 Å². The number of rotatable bonds is 5. The standard InChI is InChI=1S/C12H15N3O3/c1-16-9-4-3-8(7-10(9)17-2)12-15-14-11(18-12)5-6-13/h3-4,7H,5-6,13H2,1-2H3. The third kappa shape index (κ3) is 2.43. The van der Waals surface area contributed by atoms with Gasteiger partial charge in [0.2, 0.25) is 11.8 Å². The van der Waals surface area contributed by atoms with Crippen LogP contribution in [0.5, 0.6) is 11.5 Å². The van der Waals surface area contributed by atoms with E-state index in [-0.39, 0.29) is 0 Å². The number of aromatic nitrogens is 2. The maximum atomic E-state index is 5.48. The van der Waals surface area contributed by atoms with Crippen molar-refractivity contribution in [3.8, 4) is 23.0 Å². The zero-order chi connectivity index (χ0) is 13.0. The number of benzene rings is 1. The van der Waals surface area contributed by atoms with Gasteiger partial charge in [-0.3, -0.25) is 0 Å². The van der Waals surface area contributed by atoms with Gasteiger partial charge in [0.05, 0.1) is 14.2 Å². The molecule has 6 nitrogen and oxygen atoms in total. The zero-order valence-electron chi connectivity index (χ0n) is 10.3. The minimum absolute atomic E-state index is 0.444. The molecule has 6 heteroatoms. The summed E-state index contributed by atoms with van der Waals surface area (Å²) in [5, 5.41) is 7.88. The third-order valence-electron chi connectivity index (χ3n) is 2.46. The van der Waals surface area contributed by atoms with E-state index in [1.165, 1.54) is 0 Å². The Morgan fingerprint density at radius 1 is 1.17 bits per heavy atom. The van der Waals surface area contributed by atoms with Crippen LogP contribution in [0.3, 0.4) is 0 Å². The van der Waals surface area contributed by atoms with E-state index < -0.39 is 0 Å². The average molecular weight is 249 g/mol. The second-order valence-electron chi connectivity index (χ2n) is 3.61. The predicted molar refractivity (Wildman–Crippen MR) is 65.6 cm³/mol. The summed E-state index contributed by atoms with van der Waals surface area (Å²) in [7, 11) is 3.17. The van der Waals surface area contributed by atoms with E-state index >= 15 is 0 Å². The van der Waals surface area contributed by atoms with Crippen molar-refractivity contribution in [2.24, 2.45) is 5.73 Å². The molecule has 0 saturated heterocycles. The molecule has 0 fully saturated rings. The lowest BCUT2D eigenvalue weighted by Crippen LogP contribution is -2.02. The Balaban J connectivity index is 2.31. The Morgan fingerprint density at radius 3 is 2.61 bits per heavy atom. The summed E-state index contributed by atoms with van der Waals surface area (Å²) in [6.07, 6.45) is 0.570. The number of methoxy groups -OCH3 is 2. The maximum absolute atomic E-state index is 5.48. The average Bonchev–Trinajstić information content (AvgIpc) is 2.87. The highest BCUT2D eigenvalue weighted by Crippen LogP contribution is 2.31. The molecule has 0 aliphatic rings. The van der Waals surface area contributed by atoms with Crippen LogP contribution in [0.2, 0.25) is 0 Å². The summed E-state index contributed by atoms with van der Waals surface area (Å²) in [4.78, 5) is 0. The normalized spacial score (nSPS) is 10.4. The smallest absolute Gasteiger partial charge is 0.247 e. The quantitative estimate of drug-likeness (QED) is 0.858. The van der Waals surface area contributed by atoms with E-state index in [1.54, 1.807) is 26.4 Å². The van der Waals surface area contributed by atoms with Gasteiger partial charge in [0.25, 0.3) is 0 Å². The van der Waals surface area contributed by atoms with Crippen LogP contribution in [0, 0.1) is 0 Å². The summed E-state index contributed by atoms with van der Waals surface area (Å²) in [5.41, 5.74) is 6.21. The van der Waals surface area contributed by atoms with Crippen LogP contribution in [-0.4, -0.2) is 31.0 Å². The number of nitrogens with two attached hydrogens (primary N) is 1. The third-order valence-corrected chi connectivity index (χ3v) is 2.46. The Bertz CT molecular complexity index is 525. The van der Waals surface area contributed by atoms with Gasteiger partial charge in [0.1, 0.15) is 0 Å². The second-order valence-corrected chi connectivity index (χ2v) is 3.61. The molecule has 0 aliphatic heterocycles. The first-order chi connectivity index (χ1) is 8.78. The van der Waals surface area contributed by atoms with Gasteiger partial charge in [-0.25, -0.2) is 0 Å². The van der Waals surface area contributed by atoms with Crippen LogP contribution in [0.25, 0.3) is 11.5 Å². The largest absolute Gasteiger partial charge is 0.493 e. The lowest BCUT2D eigenvalue weighted by atomic mass is 10.2. The van der Waals surface area contributed by atoms with E-state index in [4.69, 9.17) is 19.6 Å². The Hall–Kier alpha value is -2.08. The Labute approximate surface area is 105 Å². The molecule has 0 amide bonds. The van der Waals surface area contributed by atoms with Gasteiger partial charge in [0.15, 0.2) is 11.5 Å². The van der Waals surface area contributed by atoms with Crippen LogP contribution < -0.4 is 15.2 Å². The van der Waals surface area contributed by atoms with E-state index in [9.17, 15) is 0 Å². The van der Waals surface area contributed by atoms with Crippen molar-refractivity contribution in [1.29, 1.82) is 0 Å². The Morgan fingerprint density at radius 2 is 1.94 bits per heavy atom. The minimum atomic E-state index is 0.444.